The molecule has 11 nitrogen and oxygen atoms in total. The number of H-pyrrole nitrogens is 1. The van der Waals surface area contributed by atoms with E-state index >= 15 is 0 Å². The van der Waals surface area contributed by atoms with Crippen LogP contribution in [0.4, 0.5) is 0 Å². The Hall–Kier alpha value is -3.73. The molecule has 0 fully saturated rings. The van der Waals surface area contributed by atoms with Gasteiger partial charge in [0.25, 0.3) is 0 Å². The monoisotopic (exact) mass is 472 g/mol. The number of carbonyl (C=O) groups is 4. The number of amides is 3. The van der Waals surface area contributed by atoms with Crippen molar-refractivity contribution in [3.63, 3.8) is 0 Å². The van der Waals surface area contributed by atoms with E-state index in [-0.39, 0.29) is 18.9 Å². The molecule has 1 aromatic heterocycles. The maximum Gasteiger partial charge on any atom is 0.326 e. The molecule has 4 unspecified atom stereocenters. The molecule has 0 saturated carbocycles. The van der Waals surface area contributed by atoms with Gasteiger partial charge in [0, 0.05) is 18.3 Å². The summed E-state index contributed by atoms with van der Waals surface area (Å²) >= 11 is 0. The van der Waals surface area contributed by atoms with Crippen molar-refractivity contribution in [2.45, 2.75) is 51.2 Å². The zero-order valence-corrected chi connectivity index (χ0v) is 19.3. The van der Waals surface area contributed by atoms with Crippen molar-refractivity contribution in [1.29, 1.82) is 0 Å². The number of hydrogen-bond acceptors (Lipinski definition) is 6. The van der Waals surface area contributed by atoms with Crippen molar-refractivity contribution in [2.75, 3.05) is 6.54 Å². The highest BCUT2D eigenvalue weighted by atomic mass is 16.4. The lowest BCUT2D eigenvalue weighted by atomic mass is 9.97. The lowest BCUT2D eigenvalue weighted by Gasteiger charge is -2.25. The molecular weight excluding hydrogens is 440 g/mol. The predicted octanol–water partition coefficient (Wildman–Crippen LogP) is -0.261. The third-order valence-corrected chi connectivity index (χ3v) is 5.46. The molecule has 34 heavy (non-hydrogen) atoms. The van der Waals surface area contributed by atoms with Crippen LogP contribution in [0.15, 0.2) is 42.9 Å². The highest BCUT2D eigenvalue weighted by Gasteiger charge is 2.30. The fourth-order valence-electron chi connectivity index (χ4n) is 3.26. The third kappa shape index (κ3) is 8.32. The Kier molecular flexibility index (Phi) is 10.2. The summed E-state index contributed by atoms with van der Waals surface area (Å²) in [6.45, 7) is 3.25. The number of carboxylic acid groups (broad SMARTS) is 1. The summed E-state index contributed by atoms with van der Waals surface area (Å²) < 4.78 is 0. The summed E-state index contributed by atoms with van der Waals surface area (Å²) in [5.74, 6) is -3.18. The van der Waals surface area contributed by atoms with Gasteiger partial charge in [0.05, 0.1) is 18.9 Å². The van der Waals surface area contributed by atoms with Crippen molar-refractivity contribution in [1.82, 2.24) is 25.9 Å². The lowest BCUT2D eigenvalue weighted by Crippen LogP contribution is -2.56. The smallest absolute Gasteiger partial charge is 0.326 e. The second kappa shape index (κ2) is 13.1. The van der Waals surface area contributed by atoms with E-state index in [0.29, 0.717) is 18.5 Å². The summed E-state index contributed by atoms with van der Waals surface area (Å²) in [6.07, 6.45) is 3.78. The molecule has 0 aliphatic heterocycles. The average molecular weight is 473 g/mol. The Morgan fingerprint density at radius 3 is 2.38 bits per heavy atom. The number of carbonyl (C=O) groups excluding carboxylic acids is 3. The van der Waals surface area contributed by atoms with Gasteiger partial charge in [-0.05, 0) is 17.9 Å². The van der Waals surface area contributed by atoms with Gasteiger partial charge in [0.2, 0.25) is 17.7 Å². The molecule has 0 radical (unpaired) electrons. The van der Waals surface area contributed by atoms with E-state index in [0.717, 1.165) is 5.56 Å². The van der Waals surface area contributed by atoms with Gasteiger partial charge >= 0.3 is 5.97 Å². The second-order valence-corrected chi connectivity index (χ2v) is 8.13. The van der Waals surface area contributed by atoms with Crippen LogP contribution in [-0.2, 0) is 32.0 Å². The predicted molar refractivity (Wildman–Crippen MR) is 124 cm³/mol. The SMILES string of the molecule is CCC(C)C(NC(=O)CNC(=O)C(N)Cc1ccccc1)C(=O)NC(Cc1cnc[nH]1)C(=O)O. The molecule has 3 amide bonds. The number of rotatable bonds is 13. The van der Waals surface area contributed by atoms with E-state index in [1.165, 1.54) is 12.5 Å². The van der Waals surface area contributed by atoms with Crippen LogP contribution in [0.3, 0.4) is 0 Å². The zero-order valence-electron chi connectivity index (χ0n) is 19.3. The largest absolute Gasteiger partial charge is 0.480 e. The quantitative estimate of drug-likeness (QED) is 0.232. The van der Waals surface area contributed by atoms with Gasteiger partial charge in [-0.2, -0.15) is 0 Å². The van der Waals surface area contributed by atoms with E-state index < -0.39 is 41.8 Å². The van der Waals surface area contributed by atoms with Crippen LogP contribution in [0.1, 0.15) is 31.5 Å². The number of carboxylic acids is 1. The molecule has 0 saturated heterocycles. The summed E-state index contributed by atoms with van der Waals surface area (Å²) in [5, 5.41) is 17.0. The van der Waals surface area contributed by atoms with E-state index in [9.17, 15) is 24.3 Å². The summed E-state index contributed by atoms with van der Waals surface area (Å²) in [5.41, 5.74) is 7.37. The third-order valence-electron chi connectivity index (χ3n) is 5.46. The first-order valence-electron chi connectivity index (χ1n) is 11.1. The molecule has 2 rings (SSSR count). The van der Waals surface area contributed by atoms with Crippen LogP contribution in [0.25, 0.3) is 0 Å². The molecule has 0 aliphatic rings. The number of aromatic amines is 1. The molecule has 0 aliphatic carbocycles. The molecule has 1 aromatic carbocycles. The van der Waals surface area contributed by atoms with Gasteiger partial charge in [-0.3, -0.25) is 14.4 Å². The lowest BCUT2D eigenvalue weighted by molar-refractivity contribution is -0.142. The van der Waals surface area contributed by atoms with Crippen molar-refractivity contribution in [3.8, 4) is 0 Å². The van der Waals surface area contributed by atoms with Gasteiger partial charge in [0.1, 0.15) is 12.1 Å². The van der Waals surface area contributed by atoms with E-state index in [1.807, 2.05) is 37.3 Å². The van der Waals surface area contributed by atoms with Gasteiger partial charge in [0.15, 0.2) is 0 Å². The van der Waals surface area contributed by atoms with Crippen molar-refractivity contribution in [2.24, 2.45) is 11.7 Å². The maximum absolute atomic E-state index is 12.8. The van der Waals surface area contributed by atoms with Crippen molar-refractivity contribution in [3.05, 3.63) is 54.1 Å². The molecule has 4 atom stereocenters. The van der Waals surface area contributed by atoms with Crippen LogP contribution >= 0.6 is 0 Å². The first kappa shape index (κ1) is 26.5. The van der Waals surface area contributed by atoms with Crippen LogP contribution < -0.4 is 21.7 Å². The molecule has 0 spiro atoms. The molecule has 184 valence electrons. The van der Waals surface area contributed by atoms with Crippen LogP contribution in [0, 0.1) is 5.92 Å². The normalized spacial score (nSPS) is 14.3. The summed E-state index contributed by atoms with van der Waals surface area (Å²) in [6, 6.07) is 6.25. The molecular formula is C23H32N6O5. The molecule has 7 N–H and O–H groups in total. The topological polar surface area (TPSA) is 179 Å². The van der Waals surface area contributed by atoms with Crippen LogP contribution in [0.5, 0.6) is 0 Å². The molecule has 2 aromatic rings. The maximum atomic E-state index is 12.8. The van der Waals surface area contributed by atoms with Gasteiger partial charge in [-0.15, -0.1) is 0 Å². The Labute approximate surface area is 197 Å². The number of nitrogens with zero attached hydrogens (tertiary/aromatic N) is 1. The number of nitrogens with one attached hydrogen (secondary N) is 4. The van der Waals surface area contributed by atoms with Crippen LogP contribution in [-0.4, -0.2) is 63.4 Å². The Bertz CT molecular complexity index is 950. The fraction of sp³-hybridized carbons (Fsp3) is 0.435. The minimum Gasteiger partial charge on any atom is -0.480 e. The molecule has 11 heteroatoms. The van der Waals surface area contributed by atoms with Crippen molar-refractivity contribution < 1.29 is 24.3 Å². The molecule has 1 heterocycles. The van der Waals surface area contributed by atoms with Crippen molar-refractivity contribution >= 4 is 23.7 Å². The highest BCUT2D eigenvalue weighted by Crippen LogP contribution is 2.09. The number of hydrogen-bond donors (Lipinski definition) is 6. The van der Waals surface area contributed by atoms with Gasteiger partial charge in [-0.25, -0.2) is 9.78 Å². The minimum absolute atomic E-state index is 0.0115. The Morgan fingerprint density at radius 2 is 1.79 bits per heavy atom. The first-order valence-corrected chi connectivity index (χ1v) is 11.1. The summed E-state index contributed by atoms with van der Waals surface area (Å²) in [7, 11) is 0. The van der Waals surface area contributed by atoms with Gasteiger partial charge in [-0.1, -0.05) is 50.6 Å². The number of benzene rings is 1. The minimum atomic E-state index is -1.21. The zero-order chi connectivity index (χ0) is 25.1. The Balaban J connectivity index is 1.92. The van der Waals surface area contributed by atoms with E-state index in [1.54, 1.807) is 6.92 Å². The number of aliphatic carboxylic acids is 1. The van der Waals surface area contributed by atoms with E-state index in [4.69, 9.17) is 5.73 Å². The first-order chi connectivity index (χ1) is 16.2. The highest BCUT2D eigenvalue weighted by molar-refractivity contribution is 5.92. The van der Waals surface area contributed by atoms with Crippen LogP contribution in [0.2, 0.25) is 0 Å². The number of imidazole rings is 1. The van der Waals surface area contributed by atoms with E-state index in [2.05, 4.69) is 25.9 Å². The standard InChI is InChI=1S/C23H32N6O5/c1-3-14(2)20(22(32)28-18(23(33)34)10-16-11-25-13-27-16)29-19(30)12-26-21(31)17(24)9-15-7-5-4-6-8-15/h4-8,11,13-14,17-18,20H,3,9-10,12,24H2,1-2H3,(H,25,27)(H,26,31)(H,28,32)(H,29,30)(H,33,34). The Morgan fingerprint density at radius 1 is 1.09 bits per heavy atom. The second-order valence-electron chi connectivity index (χ2n) is 8.13. The summed E-state index contributed by atoms with van der Waals surface area (Å²) in [4.78, 5) is 55.8. The van der Waals surface area contributed by atoms with Gasteiger partial charge < -0.3 is 31.8 Å². The number of aromatic nitrogens is 2. The molecule has 0 bridgehead atoms. The fourth-order valence-corrected chi connectivity index (χ4v) is 3.26. The average Bonchev–Trinajstić information content (AvgIpc) is 3.33. The number of nitrogens with two attached hydrogens (primary N) is 1.